The zero-order valence-electron chi connectivity index (χ0n) is 10.5. The lowest BCUT2D eigenvalue weighted by atomic mass is 9.77. The van der Waals surface area contributed by atoms with Gasteiger partial charge in [0.25, 0.3) is 0 Å². The Morgan fingerprint density at radius 1 is 1.47 bits per heavy atom. The average Bonchev–Trinajstić information content (AvgIpc) is 2.26. The van der Waals surface area contributed by atoms with Gasteiger partial charge in [0.1, 0.15) is 5.75 Å². The number of benzene rings is 1. The third-order valence-corrected chi connectivity index (χ3v) is 4.07. The van der Waals surface area contributed by atoms with E-state index in [1.54, 1.807) is 7.11 Å². The van der Waals surface area contributed by atoms with E-state index in [0.29, 0.717) is 6.04 Å². The van der Waals surface area contributed by atoms with Crippen molar-refractivity contribution in [3.05, 3.63) is 28.2 Å². The summed E-state index contributed by atoms with van der Waals surface area (Å²) in [5.74, 6) is 1.75. The molecule has 0 heterocycles. The normalized spacial score (nSPS) is 17.6. The maximum atomic E-state index is 5.49. The highest BCUT2D eigenvalue weighted by Crippen LogP contribution is 2.41. The molecule has 1 fully saturated rings. The van der Waals surface area contributed by atoms with Crippen molar-refractivity contribution in [2.24, 2.45) is 5.92 Å². The van der Waals surface area contributed by atoms with Gasteiger partial charge in [-0.05, 0) is 43.5 Å². The van der Waals surface area contributed by atoms with Gasteiger partial charge in [-0.1, -0.05) is 29.3 Å². The molecule has 17 heavy (non-hydrogen) atoms. The second-order valence-electron chi connectivity index (χ2n) is 4.61. The Labute approximate surface area is 112 Å². The average molecular weight is 298 g/mol. The molecule has 2 nitrogen and oxygen atoms in total. The number of methoxy groups -OCH3 is 1. The topological polar surface area (TPSA) is 21.3 Å². The molecule has 94 valence electrons. The van der Waals surface area contributed by atoms with Crippen LogP contribution in [0, 0.1) is 5.92 Å². The number of nitrogens with one attached hydrogen (secondary N) is 1. The van der Waals surface area contributed by atoms with Crippen LogP contribution in [0.25, 0.3) is 0 Å². The molecule has 0 saturated heterocycles. The Kier molecular flexibility index (Phi) is 4.46. The van der Waals surface area contributed by atoms with Crippen LogP contribution in [-0.4, -0.2) is 13.7 Å². The van der Waals surface area contributed by atoms with Gasteiger partial charge in [0.05, 0.1) is 7.11 Å². The molecule has 2 rings (SSSR count). The van der Waals surface area contributed by atoms with E-state index in [1.165, 1.54) is 24.8 Å². The van der Waals surface area contributed by atoms with Crippen LogP contribution in [0.4, 0.5) is 0 Å². The largest absolute Gasteiger partial charge is 0.496 e. The van der Waals surface area contributed by atoms with Crippen molar-refractivity contribution < 1.29 is 4.74 Å². The molecule has 1 aromatic carbocycles. The van der Waals surface area contributed by atoms with Gasteiger partial charge in [-0.3, -0.25) is 0 Å². The lowest BCUT2D eigenvalue weighted by Gasteiger charge is -2.35. The van der Waals surface area contributed by atoms with Gasteiger partial charge in [0, 0.05) is 16.1 Å². The summed E-state index contributed by atoms with van der Waals surface area (Å²) in [7, 11) is 1.75. The fraction of sp³-hybridized carbons (Fsp3) is 0.571. The van der Waals surface area contributed by atoms with E-state index >= 15 is 0 Å². The van der Waals surface area contributed by atoms with Crippen molar-refractivity contribution in [1.82, 2.24) is 5.32 Å². The summed E-state index contributed by atoms with van der Waals surface area (Å²) < 4.78 is 6.61. The van der Waals surface area contributed by atoms with Crippen LogP contribution in [0.2, 0.25) is 0 Å². The minimum atomic E-state index is 0.432. The predicted molar refractivity (Wildman–Crippen MR) is 74.5 cm³/mol. The second-order valence-corrected chi connectivity index (χ2v) is 5.53. The molecule has 1 aromatic rings. The van der Waals surface area contributed by atoms with Gasteiger partial charge in [0.15, 0.2) is 0 Å². The van der Waals surface area contributed by atoms with Gasteiger partial charge in [-0.15, -0.1) is 0 Å². The molecule has 1 unspecified atom stereocenters. The van der Waals surface area contributed by atoms with Crippen molar-refractivity contribution in [2.75, 3.05) is 13.7 Å². The van der Waals surface area contributed by atoms with Crippen LogP contribution < -0.4 is 10.1 Å². The zero-order chi connectivity index (χ0) is 12.3. The predicted octanol–water partition coefficient (Wildman–Crippen LogP) is 3.91. The van der Waals surface area contributed by atoms with Crippen LogP contribution in [0.5, 0.6) is 5.75 Å². The summed E-state index contributed by atoms with van der Waals surface area (Å²) >= 11 is 3.55. The Balaban J connectivity index is 2.29. The monoisotopic (exact) mass is 297 g/mol. The Morgan fingerprint density at radius 2 is 2.24 bits per heavy atom. The third kappa shape index (κ3) is 2.83. The number of hydrogen-bond donors (Lipinski definition) is 1. The zero-order valence-corrected chi connectivity index (χ0v) is 12.1. The SMILES string of the molecule is CCNC(c1cc(Br)ccc1OC)C1CCC1. The van der Waals surface area contributed by atoms with Crippen LogP contribution in [0.1, 0.15) is 37.8 Å². The Bertz CT molecular complexity index is 376. The van der Waals surface area contributed by atoms with Gasteiger partial charge >= 0.3 is 0 Å². The van der Waals surface area contributed by atoms with Gasteiger partial charge in [0.2, 0.25) is 0 Å². The number of ether oxygens (including phenoxy) is 1. The van der Waals surface area contributed by atoms with Crippen LogP contribution in [0.3, 0.4) is 0 Å². The van der Waals surface area contributed by atoms with Crippen molar-refractivity contribution in [2.45, 2.75) is 32.2 Å². The smallest absolute Gasteiger partial charge is 0.123 e. The highest BCUT2D eigenvalue weighted by atomic mass is 79.9. The number of hydrogen-bond acceptors (Lipinski definition) is 2. The third-order valence-electron chi connectivity index (χ3n) is 3.57. The molecule has 1 atom stereocenters. The van der Waals surface area contributed by atoms with E-state index in [9.17, 15) is 0 Å². The van der Waals surface area contributed by atoms with Gasteiger partial charge < -0.3 is 10.1 Å². The summed E-state index contributed by atoms with van der Waals surface area (Å²) in [4.78, 5) is 0. The summed E-state index contributed by atoms with van der Waals surface area (Å²) in [6.07, 6.45) is 4.02. The summed E-state index contributed by atoms with van der Waals surface area (Å²) in [5, 5.41) is 3.60. The first-order chi connectivity index (χ1) is 8.26. The van der Waals surface area contributed by atoms with E-state index in [-0.39, 0.29) is 0 Å². The van der Waals surface area contributed by atoms with Crippen LogP contribution in [-0.2, 0) is 0 Å². The minimum absolute atomic E-state index is 0.432. The molecule has 0 amide bonds. The van der Waals surface area contributed by atoms with E-state index in [1.807, 2.05) is 12.1 Å². The van der Waals surface area contributed by atoms with Gasteiger partial charge in [-0.2, -0.15) is 0 Å². The van der Waals surface area contributed by atoms with Crippen LogP contribution in [0.15, 0.2) is 22.7 Å². The van der Waals surface area contributed by atoms with E-state index in [2.05, 4.69) is 34.2 Å². The molecular formula is C14H20BrNO. The highest BCUT2D eigenvalue weighted by molar-refractivity contribution is 9.10. The lowest BCUT2D eigenvalue weighted by Crippen LogP contribution is -2.32. The molecule has 0 aliphatic heterocycles. The molecule has 3 heteroatoms. The Hall–Kier alpha value is -0.540. The van der Waals surface area contributed by atoms with Crippen molar-refractivity contribution >= 4 is 15.9 Å². The molecule has 1 aliphatic carbocycles. The molecule has 1 N–H and O–H groups in total. The standard InChI is InChI=1S/C14H20BrNO/c1-3-16-14(10-5-4-6-10)12-9-11(15)7-8-13(12)17-2/h7-10,14,16H,3-6H2,1-2H3. The summed E-state index contributed by atoms with van der Waals surface area (Å²) in [6.45, 7) is 3.16. The maximum Gasteiger partial charge on any atom is 0.123 e. The summed E-state index contributed by atoms with van der Waals surface area (Å²) in [5.41, 5.74) is 1.29. The van der Waals surface area contributed by atoms with Crippen molar-refractivity contribution in [3.8, 4) is 5.75 Å². The van der Waals surface area contributed by atoms with E-state index < -0.39 is 0 Å². The van der Waals surface area contributed by atoms with E-state index in [4.69, 9.17) is 4.74 Å². The molecule has 1 saturated carbocycles. The highest BCUT2D eigenvalue weighted by Gasteiger charge is 2.29. The first kappa shape index (κ1) is 12.9. The quantitative estimate of drug-likeness (QED) is 0.890. The fourth-order valence-electron chi connectivity index (χ4n) is 2.47. The van der Waals surface area contributed by atoms with Crippen molar-refractivity contribution in [3.63, 3.8) is 0 Å². The fourth-order valence-corrected chi connectivity index (χ4v) is 2.85. The number of rotatable bonds is 5. The molecule has 1 aliphatic rings. The molecule has 0 radical (unpaired) electrons. The van der Waals surface area contributed by atoms with Crippen molar-refractivity contribution in [1.29, 1.82) is 0 Å². The number of halogens is 1. The van der Waals surface area contributed by atoms with Crippen LogP contribution >= 0.6 is 15.9 Å². The lowest BCUT2D eigenvalue weighted by molar-refractivity contribution is 0.229. The van der Waals surface area contributed by atoms with Gasteiger partial charge in [-0.25, -0.2) is 0 Å². The van der Waals surface area contributed by atoms with E-state index in [0.717, 1.165) is 22.7 Å². The second kappa shape index (κ2) is 5.87. The molecular weight excluding hydrogens is 278 g/mol. The first-order valence-corrected chi connectivity index (χ1v) is 7.12. The molecule has 0 bridgehead atoms. The first-order valence-electron chi connectivity index (χ1n) is 6.33. The Morgan fingerprint density at radius 3 is 2.76 bits per heavy atom. The molecule has 0 spiro atoms. The minimum Gasteiger partial charge on any atom is -0.496 e. The summed E-state index contributed by atoms with van der Waals surface area (Å²) in [6, 6.07) is 6.69. The maximum absolute atomic E-state index is 5.49. The molecule has 0 aromatic heterocycles.